The van der Waals surface area contributed by atoms with Crippen molar-refractivity contribution < 1.29 is 28.5 Å². The Kier molecular flexibility index (Phi) is 9.08. The summed E-state index contributed by atoms with van der Waals surface area (Å²) < 4.78 is 22.0. The number of amides is 1. The molecule has 186 valence electrons. The van der Waals surface area contributed by atoms with E-state index in [-0.39, 0.29) is 12.5 Å². The van der Waals surface area contributed by atoms with Crippen LogP contribution >= 0.6 is 11.3 Å². The maximum Gasteiger partial charge on any atom is 0.338 e. The maximum atomic E-state index is 12.6. The molecule has 0 atom stereocenters. The van der Waals surface area contributed by atoms with Crippen LogP contribution in [0.25, 0.3) is 0 Å². The van der Waals surface area contributed by atoms with E-state index in [0.29, 0.717) is 51.8 Å². The molecule has 0 aliphatic rings. The van der Waals surface area contributed by atoms with Crippen LogP contribution in [0.5, 0.6) is 17.2 Å². The second-order valence-corrected chi connectivity index (χ2v) is 8.96. The molecule has 9 heteroatoms. The number of carbonyl (C=O) groups excluding carboxylic acids is 2. The number of aromatic nitrogens is 1. The Labute approximate surface area is 209 Å². The number of nitrogens with zero attached hydrogens (tertiary/aromatic N) is 2. The smallest absolute Gasteiger partial charge is 0.338 e. The molecule has 35 heavy (non-hydrogen) atoms. The van der Waals surface area contributed by atoms with Crippen molar-refractivity contribution in [2.45, 2.75) is 33.8 Å². The molecule has 0 bridgehead atoms. The molecule has 0 N–H and O–H groups in total. The third-order valence-corrected chi connectivity index (χ3v) is 5.95. The van der Waals surface area contributed by atoms with Crippen molar-refractivity contribution in [3.05, 3.63) is 59.1 Å². The van der Waals surface area contributed by atoms with Crippen molar-refractivity contribution in [2.24, 2.45) is 5.92 Å². The Hall–Kier alpha value is -3.59. The van der Waals surface area contributed by atoms with Gasteiger partial charge in [0.1, 0.15) is 12.4 Å². The molecule has 2 aromatic carbocycles. The van der Waals surface area contributed by atoms with E-state index in [2.05, 4.69) is 18.8 Å². The van der Waals surface area contributed by atoms with Gasteiger partial charge in [-0.2, -0.15) is 0 Å². The van der Waals surface area contributed by atoms with Crippen LogP contribution in [0.1, 0.15) is 43.2 Å². The average molecular weight is 499 g/mol. The van der Waals surface area contributed by atoms with Gasteiger partial charge in [0, 0.05) is 12.3 Å². The van der Waals surface area contributed by atoms with Crippen molar-refractivity contribution in [3.63, 3.8) is 0 Å². The van der Waals surface area contributed by atoms with Gasteiger partial charge in [-0.05, 0) is 42.7 Å². The lowest BCUT2D eigenvalue weighted by Gasteiger charge is -2.20. The highest BCUT2D eigenvalue weighted by Gasteiger charge is 2.22. The first-order valence-electron chi connectivity index (χ1n) is 11.2. The van der Waals surface area contributed by atoms with Crippen LogP contribution in [-0.2, 0) is 16.1 Å². The van der Waals surface area contributed by atoms with Crippen LogP contribution in [0.2, 0.25) is 0 Å². The standard InChI is InChI=1S/C26H30N2O6S/c1-17(2)12-13-33-23-11-10-19(14-24(23)32-5)25(30)34-15-20-16-35-26(27-20)28(18(3)29)21-8-6-7-9-22(21)31-4/h6-11,14,16-17H,12-13,15H2,1-5H3. The fraction of sp³-hybridized carbons (Fsp3) is 0.346. The zero-order valence-corrected chi connectivity index (χ0v) is 21.4. The van der Waals surface area contributed by atoms with E-state index in [9.17, 15) is 9.59 Å². The Bertz CT molecular complexity index is 1160. The molecule has 1 amide bonds. The van der Waals surface area contributed by atoms with E-state index in [4.69, 9.17) is 18.9 Å². The summed E-state index contributed by atoms with van der Waals surface area (Å²) in [7, 11) is 3.07. The Balaban J connectivity index is 1.68. The molecular weight excluding hydrogens is 468 g/mol. The van der Waals surface area contributed by atoms with Crippen LogP contribution in [0.15, 0.2) is 47.8 Å². The van der Waals surface area contributed by atoms with Crippen molar-refractivity contribution in [1.82, 2.24) is 4.98 Å². The van der Waals surface area contributed by atoms with E-state index in [1.165, 1.54) is 30.3 Å². The molecule has 0 aliphatic heterocycles. The maximum absolute atomic E-state index is 12.6. The number of methoxy groups -OCH3 is 2. The minimum absolute atomic E-state index is 0.0397. The average Bonchev–Trinajstić information content (AvgIpc) is 3.31. The molecule has 8 nitrogen and oxygen atoms in total. The van der Waals surface area contributed by atoms with E-state index in [1.807, 2.05) is 12.1 Å². The van der Waals surface area contributed by atoms with E-state index in [1.54, 1.807) is 42.8 Å². The third-order valence-electron chi connectivity index (χ3n) is 5.08. The van der Waals surface area contributed by atoms with E-state index >= 15 is 0 Å². The number of hydrogen-bond donors (Lipinski definition) is 0. The number of hydrogen-bond acceptors (Lipinski definition) is 8. The minimum Gasteiger partial charge on any atom is -0.495 e. The van der Waals surface area contributed by atoms with Gasteiger partial charge in [0.25, 0.3) is 0 Å². The normalized spacial score (nSPS) is 10.7. The molecule has 0 fully saturated rings. The van der Waals surface area contributed by atoms with Crippen LogP contribution in [0.3, 0.4) is 0 Å². The Morgan fingerprint density at radius 1 is 1.03 bits per heavy atom. The Morgan fingerprint density at radius 2 is 1.77 bits per heavy atom. The van der Waals surface area contributed by atoms with Gasteiger partial charge in [-0.1, -0.05) is 26.0 Å². The summed E-state index contributed by atoms with van der Waals surface area (Å²) in [6.45, 7) is 6.23. The summed E-state index contributed by atoms with van der Waals surface area (Å²) in [6.07, 6.45) is 0.917. The van der Waals surface area contributed by atoms with Gasteiger partial charge in [-0.15, -0.1) is 11.3 Å². The van der Waals surface area contributed by atoms with Gasteiger partial charge < -0.3 is 18.9 Å². The Morgan fingerprint density at radius 3 is 2.46 bits per heavy atom. The van der Waals surface area contributed by atoms with Crippen molar-refractivity contribution in [3.8, 4) is 17.2 Å². The molecule has 1 heterocycles. The van der Waals surface area contributed by atoms with Gasteiger partial charge in [0.2, 0.25) is 5.91 Å². The molecule has 0 radical (unpaired) electrons. The van der Waals surface area contributed by atoms with Crippen LogP contribution in [0.4, 0.5) is 10.8 Å². The zero-order valence-electron chi connectivity index (χ0n) is 20.6. The first kappa shape index (κ1) is 26.0. The molecule has 0 spiro atoms. The largest absolute Gasteiger partial charge is 0.495 e. The van der Waals surface area contributed by atoms with Gasteiger partial charge >= 0.3 is 5.97 Å². The van der Waals surface area contributed by atoms with Crippen molar-refractivity contribution >= 4 is 34.0 Å². The quantitative estimate of drug-likeness (QED) is 0.317. The third kappa shape index (κ3) is 6.73. The predicted molar refractivity (Wildman–Crippen MR) is 135 cm³/mol. The zero-order chi connectivity index (χ0) is 25.4. The first-order chi connectivity index (χ1) is 16.8. The van der Waals surface area contributed by atoms with E-state index in [0.717, 1.165) is 6.42 Å². The van der Waals surface area contributed by atoms with Gasteiger partial charge in [-0.3, -0.25) is 9.69 Å². The molecular formula is C26H30N2O6S. The number of rotatable bonds is 11. The predicted octanol–water partition coefficient (Wildman–Crippen LogP) is 5.63. The molecule has 0 unspecified atom stereocenters. The highest BCUT2D eigenvalue weighted by Crippen LogP contribution is 2.35. The fourth-order valence-corrected chi connectivity index (χ4v) is 4.09. The highest BCUT2D eigenvalue weighted by molar-refractivity contribution is 7.14. The molecule has 1 aromatic heterocycles. The van der Waals surface area contributed by atoms with Crippen LogP contribution in [0, 0.1) is 5.92 Å². The number of esters is 1. The molecule has 3 rings (SSSR count). The van der Waals surface area contributed by atoms with Gasteiger partial charge in [0.15, 0.2) is 16.6 Å². The first-order valence-corrected chi connectivity index (χ1v) is 12.1. The number of benzene rings is 2. The number of anilines is 2. The minimum atomic E-state index is -0.514. The molecule has 0 saturated heterocycles. The van der Waals surface area contributed by atoms with Crippen molar-refractivity contribution in [2.75, 3.05) is 25.7 Å². The molecule has 0 saturated carbocycles. The van der Waals surface area contributed by atoms with Crippen molar-refractivity contribution in [1.29, 1.82) is 0 Å². The van der Waals surface area contributed by atoms with Gasteiger partial charge in [0.05, 0.1) is 37.8 Å². The molecule has 0 aliphatic carbocycles. The second kappa shape index (κ2) is 12.2. The second-order valence-electron chi connectivity index (χ2n) is 8.12. The van der Waals surface area contributed by atoms with E-state index < -0.39 is 5.97 Å². The lowest BCUT2D eigenvalue weighted by molar-refractivity contribution is -0.115. The van der Waals surface area contributed by atoms with Gasteiger partial charge in [-0.25, -0.2) is 9.78 Å². The summed E-state index contributed by atoms with van der Waals surface area (Å²) in [4.78, 5) is 31.0. The number of ether oxygens (including phenoxy) is 4. The van der Waals surface area contributed by atoms with Crippen LogP contribution in [-0.4, -0.2) is 37.7 Å². The fourth-order valence-electron chi connectivity index (χ4n) is 3.23. The summed E-state index contributed by atoms with van der Waals surface area (Å²) in [5, 5.41) is 2.21. The number of para-hydroxylation sites is 2. The van der Waals surface area contributed by atoms with Crippen LogP contribution < -0.4 is 19.1 Å². The summed E-state index contributed by atoms with van der Waals surface area (Å²) in [5.41, 5.74) is 1.45. The highest BCUT2D eigenvalue weighted by atomic mass is 32.1. The SMILES string of the molecule is COc1cc(C(=O)OCc2csc(N(C(C)=O)c3ccccc3OC)n2)ccc1OCCC(C)C. The lowest BCUT2D eigenvalue weighted by Crippen LogP contribution is -2.23. The summed E-state index contributed by atoms with van der Waals surface area (Å²) in [5.74, 6) is 1.40. The number of thiazole rings is 1. The lowest BCUT2D eigenvalue weighted by atomic mass is 10.1. The number of carbonyl (C=O) groups is 2. The topological polar surface area (TPSA) is 87.2 Å². The summed E-state index contributed by atoms with van der Waals surface area (Å²) in [6, 6.07) is 12.1. The molecule has 3 aromatic rings. The summed E-state index contributed by atoms with van der Waals surface area (Å²) >= 11 is 1.28. The monoisotopic (exact) mass is 498 g/mol.